The highest BCUT2D eigenvalue weighted by Gasteiger charge is 2.18. The van der Waals surface area contributed by atoms with Gasteiger partial charge in [0.15, 0.2) is 0 Å². The predicted octanol–water partition coefficient (Wildman–Crippen LogP) is 5.27. The summed E-state index contributed by atoms with van der Waals surface area (Å²) >= 11 is 1.60. The number of hydrogen-bond donors (Lipinski definition) is 3. The maximum absolute atomic E-state index is 13.1. The number of carbonyl (C=O) groups is 1. The van der Waals surface area contributed by atoms with Gasteiger partial charge in [0.1, 0.15) is 17.3 Å². The van der Waals surface area contributed by atoms with E-state index >= 15 is 0 Å². The Hall–Kier alpha value is -4.14. The Kier molecular flexibility index (Phi) is 5.98. The van der Waals surface area contributed by atoms with Crippen LogP contribution in [-0.4, -0.2) is 29.1 Å². The van der Waals surface area contributed by atoms with Crippen LogP contribution >= 0.6 is 11.3 Å². The van der Waals surface area contributed by atoms with Gasteiger partial charge in [-0.05, 0) is 35.2 Å². The Morgan fingerprint density at radius 1 is 1.23 bits per heavy atom. The summed E-state index contributed by atoms with van der Waals surface area (Å²) in [6.07, 6.45) is 5.61. The number of aryl methyl sites for hydroxylation is 1. The lowest BCUT2D eigenvalue weighted by molar-refractivity contribution is 0.101. The van der Waals surface area contributed by atoms with Crippen molar-refractivity contribution in [1.29, 1.82) is 0 Å². The van der Waals surface area contributed by atoms with E-state index in [9.17, 15) is 4.79 Å². The van der Waals surface area contributed by atoms with Crippen LogP contribution in [0, 0.1) is 0 Å². The standard InChI is InChI=1S/C27H25N5O2S/c1-32-21-8-4-3-6-17(21)12-22(32)27(33)31-20-10-9-16(13-23(20)34-2)19-15-35-25-18(7-5-11-28)14-30-26(29)24(19)25/h3-10,12-15H,11,28H2,1-2H3,(H2,29,30)(H,31,33). The summed E-state index contributed by atoms with van der Waals surface area (Å²) < 4.78 is 8.57. The molecule has 0 fully saturated rings. The fourth-order valence-corrected chi connectivity index (χ4v) is 5.35. The first-order chi connectivity index (χ1) is 17.0. The van der Waals surface area contributed by atoms with Gasteiger partial charge in [0.25, 0.3) is 5.91 Å². The van der Waals surface area contributed by atoms with E-state index in [1.54, 1.807) is 24.6 Å². The molecule has 0 radical (unpaired) electrons. The number of carbonyl (C=O) groups excluding carboxylic acids is 1. The lowest BCUT2D eigenvalue weighted by atomic mass is 10.0. The maximum Gasteiger partial charge on any atom is 0.272 e. The van der Waals surface area contributed by atoms with Gasteiger partial charge in [0, 0.05) is 51.9 Å². The second-order valence-electron chi connectivity index (χ2n) is 8.11. The fourth-order valence-electron chi connectivity index (χ4n) is 4.27. The Morgan fingerprint density at radius 2 is 2.06 bits per heavy atom. The topological polar surface area (TPSA) is 108 Å². The second-order valence-corrected chi connectivity index (χ2v) is 8.99. The molecule has 5 N–H and O–H groups in total. The molecule has 0 saturated heterocycles. The third kappa shape index (κ3) is 4.03. The number of nitrogens with one attached hydrogen (secondary N) is 1. The number of pyridine rings is 1. The molecule has 5 rings (SSSR count). The SMILES string of the molecule is COc1cc(-c2csc3c(C=CCN)cnc(N)c23)ccc1NC(=O)c1cc2ccccc2n1C. The number of ether oxygens (including phenoxy) is 1. The molecule has 8 heteroatoms. The van der Waals surface area contributed by atoms with Crippen molar-refractivity contribution in [2.24, 2.45) is 12.8 Å². The van der Waals surface area contributed by atoms with Gasteiger partial charge in [-0.25, -0.2) is 4.98 Å². The molecule has 2 aromatic carbocycles. The Labute approximate surface area is 206 Å². The highest BCUT2D eigenvalue weighted by Crippen LogP contribution is 2.41. The van der Waals surface area contributed by atoms with Gasteiger partial charge in [-0.15, -0.1) is 11.3 Å². The average molecular weight is 484 g/mol. The minimum Gasteiger partial charge on any atom is -0.495 e. The monoisotopic (exact) mass is 483 g/mol. The van der Waals surface area contributed by atoms with Crippen molar-refractivity contribution >= 4 is 55.8 Å². The van der Waals surface area contributed by atoms with Gasteiger partial charge in [0.2, 0.25) is 0 Å². The third-order valence-electron chi connectivity index (χ3n) is 6.03. The molecular weight excluding hydrogens is 458 g/mol. The first-order valence-electron chi connectivity index (χ1n) is 11.1. The number of aromatic nitrogens is 2. The van der Waals surface area contributed by atoms with Gasteiger partial charge in [-0.1, -0.05) is 36.4 Å². The molecule has 1 amide bonds. The van der Waals surface area contributed by atoms with Crippen LogP contribution in [0.4, 0.5) is 11.5 Å². The van der Waals surface area contributed by atoms with Crippen LogP contribution in [-0.2, 0) is 7.05 Å². The van der Waals surface area contributed by atoms with Crippen LogP contribution in [0.5, 0.6) is 5.75 Å². The van der Waals surface area contributed by atoms with E-state index in [0.717, 1.165) is 37.7 Å². The zero-order chi connectivity index (χ0) is 24.5. The van der Waals surface area contributed by atoms with E-state index in [1.807, 2.05) is 72.3 Å². The molecule has 35 heavy (non-hydrogen) atoms. The molecule has 7 nitrogen and oxygen atoms in total. The number of fused-ring (bicyclic) bond motifs is 2. The van der Waals surface area contributed by atoms with Crippen LogP contribution in [0.15, 0.2) is 66.2 Å². The largest absolute Gasteiger partial charge is 0.495 e. The molecule has 0 aliphatic carbocycles. The molecule has 0 bridgehead atoms. The summed E-state index contributed by atoms with van der Waals surface area (Å²) in [6, 6.07) is 15.5. The van der Waals surface area contributed by atoms with Crippen molar-refractivity contribution in [3.63, 3.8) is 0 Å². The van der Waals surface area contributed by atoms with Crippen LogP contribution < -0.4 is 21.5 Å². The highest BCUT2D eigenvalue weighted by molar-refractivity contribution is 7.18. The molecule has 0 spiro atoms. The average Bonchev–Trinajstić information content (AvgIpc) is 3.47. The van der Waals surface area contributed by atoms with E-state index in [4.69, 9.17) is 16.2 Å². The Balaban J connectivity index is 1.50. The van der Waals surface area contributed by atoms with E-state index in [2.05, 4.69) is 15.7 Å². The zero-order valence-corrected chi connectivity index (χ0v) is 20.2. The van der Waals surface area contributed by atoms with Crippen molar-refractivity contribution in [3.8, 4) is 16.9 Å². The van der Waals surface area contributed by atoms with E-state index in [0.29, 0.717) is 29.5 Å². The highest BCUT2D eigenvalue weighted by atomic mass is 32.1. The molecule has 3 aromatic heterocycles. The minimum atomic E-state index is -0.208. The number of amides is 1. The normalized spacial score (nSPS) is 11.5. The van der Waals surface area contributed by atoms with Gasteiger partial charge >= 0.3 is 0 Å². The van der Waals surface area contributed by atoms with Crippen molar-refractivity contribution in [3.05, 3.63) is 77.4 Å². The summed E-state index contributed by atoms with van der Waals surface area (Å²) in [5, 5.41) is 6.96. The first kappa shape index (κ1) is 22.6. The molecule has 0 aliphatic heterocycles. The van der Waals surface area contributed by atoms with Crippen LogP contribution in [0.2, 0.25) is 0 Å². The maximum atomic E-state index is 13.1. The van der Waals surface area contributed by atoms with Crippen LogP contribution in [0.1, 0.15) is 16.1 Å². The van der Waals surface area contributed by atoms with Crippen LogP contribution in [0.3, 0.4) is 0 Å². The molecule has 0 aliphatic rings. The Morgan fingerprint density at radius 3 is 2.83 bits per heavy atom. The molecule has 176 valence electrons. The summed E-state index contributed by atoms with van der Waals surface area (Å²) in [5.41, 5.74) is 16.9. The smallest absolute Gasteiger partial charge is 0.272 e. The lowest BCUT2D eigenvalue weighted by Crippen LogP contribution is -2.16. The van der Waals surface area contributed by atoms with Crippen molar-refractivity contribution in [2.75, 3.05) is 24.7 Å². The van der Waals surface area contributed by atoms with Crippen molar-refractivity contribution in [2.45, 2.75) is 0 Å². The fraction of sp³-hybridized carbons (Fsp3) is 0.111. The number of thiophene rings is 1. The molecule has 0 saturated carbocycles. The number of nitrogens with two attached hydrogens (primary N) is 2. The predicted molar refractivity (Wildman–Crippen MR) is 145 cm³/mol. The quantitative estimate of drug-likeness (QED) is 0.305. The molecule has 0 atom stereocenters. The number of hydrogen-bond acceptors (Lipinski definition) is 6. The molecule has 3 heterocycles. The first-order valence-corrected chi connectivity index (χ1v) is 12.0. The summed E-state index contributed by atoms with van der Waals surface area (Å²) in [5.74, 6) is 0.813. The minimum absolute atomic E-state index is 0.208. The van der Waals surface area contributed by atoms with E-state index in [1.165, 1.54) is 0 Å². The van der Waals surface area contributed by atoms with E-state index < -0.39 is 0 Å². The lowest BCUT2D eigenvalue weighted by Gasteiger charge is -2.13. The summed E-state index contributed by atoms with van der Waals surface area (Å²) in [7, 11) is 3.47. The van der Waals surface area contributed by atoms with Gasteiger partial charge in [-0.2, -0.15) is 0 Å². The number of benzene rings is 2. The van der Waals surface area contributed by atoms with Crippen molar-refractivity contribution < 1.29 is 9.53 Å². The molecule has 0 unspecified atom stereocenters. The van der Waals surface area contributed by atoms with Crippen LogP contribution in [0.25, 0.3) is 38.2 Å². The number of anilines is 2. The molecular formula is C27H25N5O2S. The number of nitrogens with zero attached hydrogens (tertiary/aromatic N) is 2. The second kappa shape index (κ2) is 9.25. The van der Waals surface area contributed by atoms with Gasteiger partial charge < -0.3 is 26.1 Å². The van der Waals surface area contributed by atoms with Gasteiger partial charge in [-0.3, -0.25) is 4.79 Å². The number of para-hydroxylation sites is 1. The van der Waals surface area contributed by atoms with Crippen molar-refractivity contribution in [1.82, 2.24) is 9.55 Å². The number of methoxy groups -OCH3 is 1. The zero-order valence-electron chi connectivity index (χ0n) is 19.4. The summed E-state index contributed by atoms with van der Waals surface area (Å²) in [6.45, 7) is 0.452. The Bertz CT molecular complexity index is 1600. The van der Waals surface area contributed by atoms with Gasteiger partial charge in [0.05, 0.1) is 12.8 Å². The molecule has 5 aromatic rings. The summed E-state index contributed by atoms with van der Waals surface area (Å²) in [4.78, 5) is 17.5. The van der Waals surface area contributed by atoms with E-state index in [-0.39, 0.29) is 5.91 Å². The third-order valence-corrected chi connectivity index (χ3v) is 7.06. The number of nitrogen functional groups attached to an aromatic ring is 1. The number of rotatable bonds is 6.